The molecule has 0 amide bonds. The van der Waals surface area contributed by atoms with Crippen LogP contribution in [0.4, 0.5) is 0 Å². The molecular formula is C22H25Cl2NO3S. The molecule has 0 unspecified atom stereocenters. The van der Waals surface area contributed by atoms with Crippen LogP contribution in [0.25, 0.3) is 0 Å². The predicted octanol–water partition coefficient (Wildman–Crippen LogP) is 6.96. The van der Waals surface area contributed by atoms with Gasteiger partial charge in [-0.3, -0.25) is 0 Å². The van der Waals surface area contributed by atoms with Crippen LogP contribution < -0.4 is 9.47 Å². The summed E-state index contributed by atoms with van der Waals surface area (Å²) in [5.74, 6) is 1.55. The van der Waals surface area contributed by atoms with E-state index in [-0.39, 0.29) is 9.91 Å². The molecule has 7 heteroatoms. The van der Waals surface area contributed by atoms with Gasteiger partial charge in [-0.15, -0.1) is 0 Å². The molecule has 0 aliphatic heterocycles. The van der Waals surface area contributed by atoms with Crippen molar-refractivity contribution in [2.45, 2.75) is 30.6 Å². The molecule has 4 nitrogen and oxygen atoms in total. The summed E-state index contributed by atoms with van der Waals surface area (Å²) in [6.07, 6.45) is 1.60. The largest absolute Gasteiger partial charge is 0.489 e. The first-order valence-corrected chi connectivity index (χ1v) is 10.6. The van der Waals surface area contributed by atoms with Crippen molar-refractivity contribution in [3.63, 3.8) is 0 Å². The molecule has 0 atom stereocenters. The fourth-order valence-corrected chi connectivity index (χ4v) is 3.13. The first kappa shape index (κ1) is 23.5. The lowest BCUT2D eigenvalue weighted by atomic mass is 9.90. The molecule has 0 saturated carbocycles. The van der Waals surface area contributed by atoms with Gasteiger partial charge in [0.25, 0.3) is 0 Å². The van der Waals surface area contributed by atoms with E-state index < -0.39 is 0 Å². The van der Waals surface area contributed by atoms with E-state index in [1.165, 1.54) is 0 Å². The van der Waals surface area contributed by atoms with Crippen LogP contribution >= 0.6 is 35.0 Å². The van der Waals surface area contributed by atoms with E-state index in [1.54, 1.807) is 24.9 Å². The summed E-state index contributed by atoms with van der Waals surface area (Å²) >= 11 is 12.8. The predicted molar refractivity (Wildman–Crippen MR) is 122 cm³/mol. The number of rotatable bonds is 9. The maximum absolute atomic E-state index is 5.86. The van der Waals surface area contributed by atoms with Crippen LogP contribution in [0.15, 0.2) is 74.0 Å². The zero-order valence-corrected chi connectivity index (χ0v) is 19.3. The zero-order chi connectivity index (χ0) is 21.3. The van der Waals surface area contributed by atoms with Crippen molar-refractivity contribution in [2.24, 2.45) is 10.6 Å². The maximum atomic E-state index is 5.86. The van der Waals surface area contributed by atoms with Gasteiger partial charge in [-0.25, -0.2) is 0 Å². The van der Waals surface area contributed by atoms with Gasteiger partial charge in [-0.05, 0) is 54.6 Å². The number of nitrogens with zero attached hydrogens (tertiary/aromatic N) is 1. The first-order chi connectivity index (χ1) is 13.8. The Labute approximate surface area is 186 Å². The van der Waals surface area contributed by atoms with Crippen molar-refractivity contribution in [2.75, 3.05) is 20.3 Å². The minimum absolute atomic E-state index is 0.117. The van der Waals surface area contributed by atoms with Crippen molar-refractivity contribution in [3.05, 3.63) is 59.1 Å². The Hall–Kier alpha value is -1.82. The summed E-state index contributed by atoms with van der Waals surface area (Å²) in [5.41, 5.74) is 0.735. The van der Waals surface area contributed by atoms with Crippen molar-refractivity contribution >= 4 is 40.7 Å². The monoisotopic (exact) mass is 453 g/mol. The van der Waals surface area contributed by atoms with Crippen molar-refractivity contribution in [1.82, 2.24) is 0 Å². The molecule has 0 bridgehead atoms. The third kappa shape index (κ3) is 8.60. The topological polar surface area (TPSA) is 40.0 Å². The lowest BCUT2D eigenvalue weighted by molar-refractivity contribution is 0.204. The van der Waals surface area contributed by atoms with Crippen LogP contribution in [-0.2, 0) is 4.84 Å². The van der Waals surface area contributed by atoms with Gasteiger partial charge in [-0.2, -0.15) is 0 Å². The molecule has 0 aromatic heterocycles. The van der Waals surface area contributed by atoms with E-state index in [0.29, 0.717) is 13.2 Å². The Morgan fingerprint density at radius 2 is 1.45 bits per heavy atom. The molecule has 0 N–H and O–H groups in total. The Morgan fingerprint density at radius 3 is 1.90 bits per heavy atom. The van der Waals surface area contributed by atoms with Crippen LogP contribution in [0.1, 0.15) is 20.8 Å². The van der Waals surface area contributed by atoms with Crippen molar-refractivity contribution in [1.29, 1.82) is 0 Å². The number of oxime groups is 1. The van der Waals surface area contributed by atoms with Crippen molar-refractivity contribution < 1.29 is 14.3 Å². The molecule has 0 aliphatic rings. The smallest absolute Gasteiger partial charge is 0.130 e. The Balaban J connectivity index is 1.90. The molecule has 0 saturated heterocycles. The normalized spacial score (nSPS) is 11.7. The van der Waals surface area contributed by atoms with Crippen molar-refractivity contribution in [3.8, 4) is 11.5 Å². The standard InChI is InChI=1S/C22H25Cl2NO3S/c1-22(2,3)20(25-26-4)15-28-17-7-11-19(12-8-17)29-18-9-5-16(6-10-18)27-14-13-21(23)24/h5-13H,14-15H2,1-4H3. The fraction of sp³-hybridized carbons (Fsp3) is 0.318. The summed E-state index contributed by atoms with van der Waals surface area (Å²) in [6.45, 7) is 6.95. The highest BCUT2D eigenvalue weighted by Crippen LogP contribution is 2.30. The average molecular weight is 454 g/mol. The Kier molecular flexibility index (Phi) is 9.21. The molecule has 0 radical (unpaired) electrons. The molecule has 2 rings (SSSR count). The molecule has 2 aromatic carbocycles. The third-order valence-electron chi connectivity index (χ3n) is 3.81. The molecule has 0 fully saturated rings. The van der Waals surface area contributed by atoms with Gasteiger partial charge in [0, 0.05) is 15.2 Å². The van der Waals surface area contributed by atoms with Crippen LogP contribution in [0.3, 0.4) is 0 Å². The lowest BCUT2D eigenvalue weighted by Crippen LogP contribution is -2.27. The summed E-state index contributed by atoms with van der Waals surface area (Å²) in [5, 5.41) is 4.08. The minimum Gasteiger partial charge on any atom is -0.489 e. The summed E-state index contributed by atoms with van der Waals surface area (Å²) in [7, 11) is 1.54. The third-order valence-corrected chi connectivity index (χ3v) is 5.14. The number of hydrogen-bond acceptors (Lipinski definition) is 5. The van der Waals surface area contributed by atoms with Crippen LogP contribution in [0.5, 0.6) is 11.5 Å². The molecular weight excluding hydrogens is 429 g/mol. The molecule has 0 aliphatic carbocycles. The SMILES string of the molecule is CON=C(COc1ccc(Sc2ccc(OCC=C(Cl)Cl)cc2)cc1)C(C)(C)C. The molecule has 0 heterocycles. The van der Waals surface area contributed by atoms with E-state index in [0.717, 1.165) is 27.0 Å². The van der Waals surface area contributed by atoms with E-state index in [9.17, 15) is 0 Å². The minimum atomic E-state index is -0.117. The number of benzene rings is 2. The van der Waals surface area contributed by atoms with E-state index in [2.05, 4.69) is 25.9 Å². The van der Waals surface area contributed by atoms with Gasteiger partial charge in [-0.1, -0.05) is 60.9 Å². The van der Waals surface area contributed by atoms with Gasteiger partial charge in [0.2, 0.25) is 0 Å². The van der Waals surface area contributed by atoms with Gasteiger partial charge in [0.15, 0.2) is 0 Å². The second kappa shape index (κ2) is 11.4. The Bertz CT molecular complexity index is 825. The molecule has 29 heavy (non-hydrogen) atoms. The second-order valence-corrected chi connectivity index (χ2v) is 9.26. The molecule has 0 spiro atoms. The highest BCUT2D eigenvalue weighted by Gasteiger charge is 2.20. The van der Waals surface area contributed by atoms with E-state index in [4.69, 9.17) is 37.5 Å². The van der Waals surface area contributed by atoms with Gasteiger partial charge >= 0.3 is 0 Å². The molecule has 156 valence electrons. The second-order valence-electron chi connectivity index (χ2n) is 7.11. The summed E-state index contributed by atoms with van der Waals surface area (Å²) < 4.78 is 11.6. The lowest BCUT2D eigenvalue weighted by Gasteiger charge is -2.20. The van der Waals surface area contributed by atoms with Gasteiger partial charge < -0.3 is 14.3 Å². The summed E-state index contributed by atoms with van der Waals surface area (Å²) in [6, 6.07) is 15.8. The van der Waals surface area contributed by atoms with Gasteiger partial charge in [0.1, 0.15) is 36.3 Å². The number of ether oxygens (including phenoxy) is 2. The van der Waals surface area contributed by atoms with Crippen LogP contribution in [0.2, 0.25) is 0 Å². The highest BCUT2D eigenvalue weighted by molar-refractivity contribution is 7.99. The van der Waals surface area contributed by atoms with Gasteiger partial charge in [0.05, 0.1) is 5.71 Å². The zero-order valence-electron chi connectivity index (χ0n) is 16.9. The summed E-state index contributed by atoms with van der Waals surface area (Å²) in [4.78, 5) is 7.15. The molecule has 2 aromatic rings. The maximum Gasteiger partial charge on any atom is 0.130 e. The fourth-order valence-electron chi connectivity index (χ4n) is 2.19. The number of halogens is 2. The Morgan fingerprint density at radius 1 is 0.931 bits per heavy atom. The van der Waals surface area contributed by atoms with E-state index in [1.807, 2.05) is 48.5 Å². The number of hydrogen-bond donors (Lipinski definition) is 0. The highest BCUT2D eigenvalue weighted by atomic mass is 35.5. The van der Waals surface area contributed by atoms with Crippen LogP contribution in [-0.4, -0.2) is 26.0 Å². The average Bonchev–Trinajstić information content (AvgIpc) is 2.66. The van der Waals surface area contributed by atoms with Crippen LogP contribution in [0, 0.1) is 5.41 Å². The first-order valence-electron chi connectivity index (χ1n) is 9.03. The quantitative estimate of drug-likeness (QED) is 0.303. The van der Waals surface area contributed by atoms with E-state index >= 15 is 0 Å².